The van der Waals surface area contributed by atoms with Crippen molar-refractivity contribution in [3.05, 3.63) is 388 Å². The molecular formula is C106H147Y3-5. The van der Waals surface area contributed by atoms with Crippen LogP contribution in [0.4, 0.5) is 0 Å². The molecule has 0 atom stereocenters. The summed E-state index contributed by atoms with van der Waals surface area (Å²) in [5, 5.41) is 16.0. The second kappa shape index (κ2) is 92.0. The quantitative estimate of drug-likeness (QED) is 0.0940. The van der Waals surface area contributed by atoms with Gasteiger partial charge in [0.1, 0.15) is 0 Å². The fourth-order valence-electron chi connectivity index (χ4n) is 9.45. The molecule has 15 rings (SSSR count). The van der Waals surface area contributed by atoms with Crippen LogP contribution in [0, 0.1) is 36.6 Å². The molecule has 0 aliphatic carbocycles. The first-order chi connectivity index (χ1) is 50.7. The molecule has 0 aliphatic heterocycles. The molecule has 0 aromatic heterocycles. The van der Waals surface area contributed by atoms with Crippen molar-refractivity contribution in [1.82, 2.24) is 0 Å². The maximum absolute atomic E-state index is 3.25. The van der Waals surface area contributed by atoms with Crippen LogP contribution in [-0.2, 0) is 98.1 Å². The molecule has 0 heterocycles. The normalized spacial score (nSPS) is 7.94. The minimum atomic E-state index is 0. The van der Waals surface area contributed by atoms with Gasteiger partial charge >= 0.3 is 0 Å². The van der Waals surface area contributed by atoms with E-state index in [1.165, 1.54) is 98.0 Å². The van der Waals surface area contributed by atoms with Gasteiger partial charge in [-0.2, -0.15) is 6.92 Å². The second-order valence-electron chi connectivity index (χ2n) is 18.4. The first kappa shape index (κ1) is 126. The average Bonchev–Trinajstić information content (AvgIpc) is 0.753. The minimum absolute atomic E-state index is 0. The fraction of sp³-hybridized carbons (Fsp3) is 0.236. The summed E-state index contributed by atoms with van der Waals surface area (Å²) >= 11 is 0. The number of rotatable bonds is 3. The third-order valence-electron chi connectivity index (χ3n) is 13.3. The summed E-state index contributed by atoms with van der Waals surface area (Å²) in [6.07, 6.45) is 0. The largest absolute Gasteiger partial charge is 0.358 e. The van der Waals surface area contributed by atoms with Gasteiger partial charge in [0.05, 0.1) is 0 Å². The van der Waals surface area contributed by atoms with Crippen molar-refractivity contribution >= 4 is 64.6 Å². The Bertz CT molecular complexity index is 3710. The molecule has 15 aromatic carbocycles. The van der Waals surface area contributed by atoms with Crippen molar-refractivity contribution < 1.29 is 98.1 Å². The topological polar surface area (TPSA) is 0 Å². The van der Waals surface area contributed by atoms with Crippen molar-refractivity contribution in [2.45, 2.75) is 173 Å². The first-order valence-corrected chi connectivity index (χ1v) is 38.7. The van der Waals surface area contributed by atoms with Crippen LogP contribution in [0.15, 0.2) is 352 Å². The van der Waals surface area contributed by atoms with Crippen LogP contribution < -0.4 is 0 Å². The maximum atomic E-state index is 3.25. The van der Waals surface area contributed by atoms with E-state index >= 15 is 0 Å². The molecule has 15 aromatic rings. The molecule has 3 heteroatoms. The van der Waals surface area contributed by atoms with E-state index in [-0.39, 0.29) is 128 Å². The van der Waals surface area contributed by atoms with Gasteiger partial charge in [-0.3, -0.25) is 0 Å². The molecule has 0 fully saturated rings. The van der Waals surface area contributed by atoms with Crippen molar-refractivity contribution in [2.24, 2.45) is 0 Å². The molecule has 0 bridgehead atoms. The molecule has 109 heavy (non-hydrogen) atoms. The van der Waals surface area contributed by atoms with Crippen molar-refractivity contribution in [3.63, 3.8) is 0 Å². The van der Waals surface area contributed by atoms with E-state index in [2.05, 4.69) is 298 Å². The standard InChI is InChI=1S/C18H14.C16H10.C14H10.C12H10.C10H8.C6H6.12C2H6.C2H5.4CH3.3Y/c1-3-7-15(8-4-1)17-11-13-18(14-12-17)16-9-5-2-6-10-16;1-3-11-7-9-13-5-2-6-14-10-8-12(4-1)15(11)16(13)14;1-2-6-12-10-14-8-4-3-7-13(14)9-11(12)5-1;1-3-7-11(8-4-1)12-9-5-2-6-10-12;1-2-6-10-8-4-3-7-9(10)5-1;1-2-4-6-5-3-1;13*1-2;;;;;;;/h1-14H;1-10H;1-10H;1-10H;1-8H;1-6H;12*1-2H3;1H2,2H3;4*1H3;;;/q;;;;;;;;;;;;;;;;;;5*-1;;;. The van der Waals surface area contributed by atoms with E-state index in [9.17, 15) is 0 Å². The van der Waals surface area contributed by atoms with Crippen LogP contribution in [-0.4, -0.2) is 0 Å². The molecule has 0 spiro atoms. The Hall–Kier alpha value is -6.57. The van der Waals surface area contributed by atoms with E-state index in [1.54, 1.807) is 6.92 Å². The summed E-state index contributed by atoms with van der Waals surface area (Å²) in [6.45, 7) is 53.0. The monoisotopic (exact) mass is 1690 g/mol. The molecular weight excluding hydrogens is 1540 g/mol. The van der Waals surface area contributed by atoms with Crippen molar-refractivity contribution in [2.75, 3.05) is 0 Å². The number of hydrogen-bond acceptors (Lipinski definition) is 0. The fourth-order valence-corrected chi connectivity index (χ4v) is 9.45. The molecule has 0 amide bonds. The van der Waals surface area contributed by atoms with E-state index in [4.69, 9.17) is 0 Å². The van der Waals surface area contributed by atoms with Gasteiger partial charge < -0.3 is 36.6 Å². The molecule has 585 valence electrons. The predicted molar refractivity (Wildman–Crippen MR) is 504 cm³/mol. The molecule has 0 saturated carbocycles. The van der Waals surface area contributed by atoms with Crippen LogP contribution in [0.3, 0.4) is 0 Å². The molecule has 0 aliphatic rings. The Morgan fingerprint density at radius 3 is 0.413 bits per heavy atom. The first-order valence-electron chi connectivity index (χ1n) is 38.7. The summed E-state index contributed by atoms with van der Waals surface area (Å²) in [5.74, 6) is 0. The van der Waals surface area contributed by atoms with Gasteiger partial charge in [0, 0.05) is 98.1 Å². The van der Waals surface area contributed by atoms with Crippen molar-refractivity contribution in [1.29, 1.82) is 0 Å². The molecule has 0 N–H and O–H groups in total. The van der Waals surface area contributed by atoms with Crippen LogP contribution in [0.25, 0.3) is 98.0 Å². The van der Waals surface area contributed by atoms with E-state index in [0.29, 0.717) is 0 Å². The van der Waals surface area contributed by atoms with Gasteiger partial charge in [-0.05, 0) is 110 Å². The zero-order valence-electron chi connectivity index (χ0n) is 73.9. The third kappa shape index (κ3) is 48.7. The van der Waals surface area contributed by atoms with Gasteiger partial charge in [0.2, 0.25) is 0 Å². The van der Waals surface area contributed by atoms with Gasteiger partial charge in [-0.15, -0.1) is 0 Å². The number of hydrogen-bond donors (Lipinski definition) is 0. The van der Waals surface area contributed by atoms with Gasteiger partial charge in [0.15, 0.2) is 0 Å². The zero-order chi connectivity index (χ0) is 77.4. The maximum Gasteiger partial charge on any atom is 0 e. The summed E-state index contributed by atoms with van der Waals surface area (Å²) < 4.78 is 0. The minimum Gasteiger partial charge on any atom is -0.358 e. The van der Waals surface area contributed by atoms with Crippen LogP contribution in [0.5, 0.6) is 0 Å². The van der Waals surface area contributed by atoms with Gasteiger partial charge in [-0.25, -0.2) is 0 Å². The Morgan fingerprint density at radius 2 is 0.248 bits per heavy atom. The van der Waals surface area contributed by atoms with Crippen LogP contribution in [0.1, 0.15) is 173 Å². The summed E-state index contributed by atoms with van der Waals surface area (Å²) in [7, 11) is 0. The Morgan fingerprint density at radius 1 is 0.128 bits per heavy atom. The Kier molecular flexibility index (Phi) is 106. The molecule has 0 nitrogen and oxygen atoms in total. The van der Waals surface area contributed by atoms with Gasteiger partial charge in [0.25, 0.3) is 0 Å². The third-order valence-corrected chi connectivity index (χ3v) is 13.3. The zero-order valence-corrected chi connectivity index (χ0v) is 82.4. The summed E-state index contributed by atoms with van der Waals surface area (Å²) in [6, 6.07) is 122. The number of fused-ring (bicyclic) bond motifs is 3. The second-order valence-corrected chi connectivity index (χ2v) is 18.4. The van der Waals surface area contributed by atoms with E-state index < -0.39 is 0 Å². The van der Waals surface area contributed by atoms with Crippen molar-refractivity contribution in [3.8, 4) is 33.4 Å². The molecule has 0 saturated heterocycles. The Labute approximate surface area is 749 Å². The van der Waals surface area contributed by atoms with Gasteiger partial charge in [-0.1, -0.05) is 506 Å². The SMILES string of the molecule is CC.CC.CC.CC.CC.CC.CC.CC.CC.CC.CC.CC.[CH2-]C.[CH3-].[CH3-].[CH3-].[CH3-].[Y].[Y].[Y].c1cc2ccc3cccc4ccc(c1)c2c34.c1ccc(-c2ccc(-c3ccccc3)cc2)cc1.c1ccc(-c2ccccc2)cc1.c1ccc2cc3ccccc3cc2c1.c1ccc2ccccc2c1.c1ccccc1. The molecule has 3 radical (unpaired) electrons. The smallest absolute Gasteiger partial charge is 0 e. The van der Waals surface area contributed by atoms with Crippen LogP contribution >= 0.6 is 0 Å². The summed E-state index contributed by atoms with van der Waals surface area (Å²) in [4.78, 5) is 0. The average molecular weight is 1690 g/mol. The van der Waals surface area contributed by atoms with E-state index in [0.717, 1.165) is 0 Å². The summed E-state index contributed by atoms with van der Waals surface area (Å²) in [5.41, 5.74) is 7.59. The van der Waals surface area contributed by atoms with Crippen LogP contribution in [0.2, 0.25) is 0 Å². The molecule has 0 unspecified atom stereocenters. The number of benzene rings is 15. The Balaban J connectivity index is -0.000000111. The van der Waals surface area contributed by atoms with E-state index in [1.807, 2.05) is 227 Å². The predicted octanol–water partition coefficient (Wildman–Crippen LogP) is 36.4.